The molecule has 0 spiro atoms. The van der Waals surface area contributed by atoms with Crippen molar-refractivity contribution in [1.82, 2.24) is 4.90 Å². The third-order valence-electron chi connectivity index (χ3n) is 3.29. The van der Waals surface area contributed by atoms with Crippen LogP contribution >= 0.6 is 0 Å². The van der Waals surface area contributed by atoms with Crippen LogP contribution in [-0.4, -0.2) is 34.7 Å². The van der Waals surface area contributed by atoms with Crippen LogP contribution in [0.1, 0.15) is 12.5 Å². The molecule has 1 aromatic carbocycles. The first-order valence-electron chi connectivity index (χ1n) is 6.17. The zero-order chi connectivity index (χ0) is 15.6. The lowest BCUT2D eigenvalue weighted by molar-refractivity contribution is -0.384. The molecule has 0 atom stereocenters. The van der Waals surface area contributed by atoms with Crippen molar-refractivity contribution in [2.24, 2.45) is 5.92 Å². The Hall–Kier alpha value is -2.95. The molecule has 8 nitrogen and oxygen atoms in total. The van der Waals surface area contributed by atoms with E-state index in [1.807, 2.05) is 6.07 Å². The predicted molar refractivity (Wildman–Crippen MR) is 72.2 cm³/mol. The number of anilines is 1. The Bertz CT molecular complexity index is 659. The lowest BCUT2D eigenvalue weighted by Crippen LogP contribution is -2.53. The van der Waals surface area contributed by atoms with Crippen LogP contribution in [0.25, 0.3) is 0 Å². The van der Waals surface area contributed by atoms with Gasteiger partial charge in [0, 0.05) is 32.1 Å². The number of rotatable bonds is 3. The summed E-state index contributed by atoms with van der Waals surface area (Å²) in [5.74, 6) is -0.722. The van der Waals surface area contributed by atoms with Crippen molar-refractivity contribution in [3.8, 4) is 6.07 Å². The number of carbonyl (C=O) groups is 2. The van der Waals surface area contributed by atoms with Crippen molar-refractivity contribution >= 4 is 23.2 Å². The molecule has 0 radical (unpaired) electrons. The molecule has 0 unspecified atom stereocenters. The maximum Gasteiger partial charge on any atom is 0.270 e. The molecular weight excluding hydrogens is 276 g/mol. The highest BCUT2D eigenvalue weighted by atomic mass is 16.6. The number of nitro benzene ring substituents is 1. The molecule has 1 heterocycles. The van der Waals surface area contributed by atoms with Crippen molar-refractivity contribution in [2.75, 3.05) is 18.4 Å². The Morgan fingerprint density at radius 2 is 2.14 bits per heavy atom. The van der Waals surface area contributed by atoms with Crippen LogP contribution in [0.5, 0.6) is 0 Å². The van der Waals surface area contributed by atoms with E-state index < -0.39 is 4.92 Å². The minimum Gasteiger partial charge on any atom is -0.341 e. The Morgan fingerprint density at radius 1 is 1.48 bits per heavy atom. The maximum atomic E-state index is 12.0. The average molecular weight is 288 g/mol. The maximum absolute atomic E-state index is 12.0. The predicted octanol–water partition coefficient (Wildman–Crippen LogP) is 0.883. The van der Waals surface area contributed by atoms with Crippen LogP contribution in [0.4, 0.5) is 11.4 Å². The largest absolute Gasteiger partial charge is 0.341 e. The first-order valence-corrected chi connectivity index (χ1v) is 6.17. The number of hydrogen-bond donors (Lipinski definition) is 1. The van der Waals surface area contributed by atoms with Gasteiger partial charge in [0.2, 0.25) is 11.8 Å². The minimum absolute atomic E-state index is 0.0281. The smallest absolute Gasteiger partial charge is 0.270 e. The quantitative estimate of drug-likeness (QED) is 0.654. The lowest BCUT2D eigenvalue weighted by Gasteiger charge is -2.37. The van der Waals surface area contributed by atoms with Gasteiger partial charge < -0.3 is 10.2 Å². The van der Waals surface area contributed by atoms with Crippen molar-refractivity contribution < 1.29 is 14.5 Å². The van der Waals surface area contributed by atoms with Crippen LogP contribution in [0.15, 0.2) is 18.2 Å². The molecule has 1 aliphatic rings. The molecule has 0 bridgehead atoms. The number of nitrogens with zero attached hydrogens (tertiary/aromatic N) is 3. The summed E-state index contributed by atoms with van der Waals surface area (Å²) in [5, 5.41) is 22.2. The highest BCUT2D eigenvalue weighted by Gasteiger charge is 2.34. The lowest BCUT2D eigenvalue weighted by atomic mass is 9.99. The standard InChI is InChI=1S/C13H12N4O4/c1-8(18)16-6-10(7-16)13(19)15-12-3-2-11(17(20)21)4-9(12)5-14/h2-4,10H,6-7H2,1H3,(H,15,19). The van der Waals surface area contributed by atoms with Gasteiger partial charge in [-0.2, -0.15) is 5.26 Å². The molecule has 1 saturated heterocycles. The molecule has 1 aliphatic heterocycles. The Kier molecular flexibility index (Phi) is 3.84. The fraction of sp³-hybridized carbons (Fsp3) is 0.308. The van der Waals surface area contributed by atoms with Gasteiger partial charge in [0.05, 0.1) is 22.1 Å². The van der Waals surface area contributed by atoms with Crippen LogP contribution in [0, 0.1) is 27.4 Å². The summed E-state index contributed by atoms with van der Waals surface area (Å²) in [5.41, 5.74) is 0.0469. The zero-order valence-corrected chi connectivity index (χ0v) is 11.2. The number of non-ortho nitro benzene ring substituents is 1. The van der Waals surface area contributed by atoms with Crippen molar-refractivity contribution in [1.29, 1.82) is 5.26 Å². The number of nitrogens with one attached hydrogen (secondary N) is 1. The molecule has 0 saturated carbocycles. The van der Waals surface area contributed by atoms with Gasteiger partial charge in [-0.1, -0.05) is 0 Å². The molecule has 108 valence electrons. The second-order valence-corrected chi connectivity index (χ2v) is 4.71. The third kappa shape index (κ3) is 2.97. The van der Waals surface area contributed by atoms with E-state index in [0.717, 1.165) is 6.07 Å². The van der Waals surface area contributed by atoms with Crippen LogP contribution in [0.2, 0.25) is 0 Å². The summed E-state index contributed by atoms with van der Waals surface area (Å²) in [4.78, 5) is 34.6. The van der Waals surface area contributed by atoms with Crippen molar-refractivity contribution in [2.45, 2.75) is 6.92 Å². The summed E-state index contributed by atoms with van der Waals surface area (Å²) in [6.07, 6.45) is 0. The van der Waals surface area contributed by atoms with E-state index in [0.29, 0.717) is 13.1 Å². The molecule has 8 heteroatoms. The van der Waals surface area contributed by atoms with E-state index in [4.69, 9.17) is 5.26 Å². The fourth-order valence-corrected chi connectivity index (χ4v) is 1.98. The van der Waals surface area contributed by atoms with E-state index in [9.17, 15) is 19.7 Å². The topological polar surface area (TPSA) is 116 Å². The first-order chi connectivity index (χ1) is 9.92. The van der Waals surface area contributed by atoms with E-state index in [-0.39, 0.29) is 34.7 Å². The molecule has 0 aliphatic carbocycles. The minimum atomic E-state index is -0.608. The van der Waals surface area contributed by atoms with Gasteiger partial charge in [0.15, 0.2) is 0 Å². The Labute approximate surface area is 120 Å². The van der Waals surface area contributed by atoms with Gasteiger partial charge >= 0.3 is 0 Å². The van der Waals surface area contributed by atoms with Gasteiger partial charge in [-0.15, -0.1) is 0 Å². The third-order valence-corrected chi connectivity index (χ3v) is 3.29. The van der Waals surface area contributed by atoms with Crippen LogP contribution in [-0.2, 0) is 9.59 Å². The molecule has 1 aromatic rings. The van der Waals surface area contributed by atoms with Crippen LogP contribution < -0.4 is 5.32 Å². The second-order valence-electron chi connectivity index (χ2n) is 4.71. The van der Waals surface area contributed by atoms with Crippen molar-refractivity contribution in [3.63, 3.8) is 0 Å². The van der Waals surface area contributed by atoms with E-state index in [1.165, 1.54) is 24.0 Å². The summed E-state index contributed by atoms with van der Waals surface area (Å²) >= 11 is 0. The number of benzene rings is 1. The van der Waals surface area contributed by atoms with E-state index in [1.54, 1.807) is 0 Å². The zero-order valence-electron chi connectivity index (χ0n) is 11.2. The van der Waals surface area contributed by atoms with Gasteiger partial charge in [-0.25, -0.2) is 0 Å². The first kappa shape index (κ1) is 14.5. The molecule has 2 rings (SSSR count). The van der Waals surface area contributed by atoms with Crippen molar-refractivity contribution in [3.05, 3.63) is 33.9 Å². The molecule has 21 heavy (non-hydrogen) atoms. The van der Waals surface area contributed by atoms with E-state index >= 15 is 0 Å². The number of amides is 2. The average Bonchev–Trinajstić information content (AvgIpc) is 2.36. The van der Waals surface area contributed by atoms with E-state index in [2.05, 4.69) is 5.32 Å². The molecular formula is C13H12N4O4. The number of nitriles is 1. The summed E-state index contributed by atoms with van der Waals surface area (Å²) in [7, 11) is 0. The SMILES string of the molecule is CC(=O)N1CC(C(=O)Nc2ccc([N+](=O)[O-])cc2C#N)C1. The molecule has 0 aromatic heterocycles. The number of nitro groups is 1. The monoisotopic (exact) mass is 288 g/mol. The number of likely N-dealkylation sites (tertiary alicyclic amines) is 1. The number of hydrogen-bond acceptors (Lipinski definition) is 5. The second kappa shape index (κ2) is 5.58. The molecule has 1 fully saturated rings. The summed E-state index contributed by atoms with van der Waals surface area (Å²) in [6.45, 7) is 2.12. The molecule has 1 N–H and O–H groups in total. The normalized spacial score (nSPS) is 14.0. The Balaban J connectivity index is 2.07. The van der Waals surface area contributed by atoms with Gasteiger partial charge in [0.1, 0.15) is 6.07 Å². The van der Waals surface area contributed by atoms with Gasteiger partial charge in [-0.3, -0.25) is 19.7 Å². The summed E-state index contributed by atoms with van der Waals surface area (Å²) < 4.78 is 0. The van der Waals surface area contributed by atoms with Crippen LogP contribution in [0.3, 0.4) is 0 Å². The highest BCUT2D eigenvalue weighted by Crippen LogP contribution is 2.23. The molecule has 2 amide bonds. The van der Waals surface area contributed by atoms with Gasteiger partial charge in [0.25, 0.3) is 5.69 Å². The fourth-order valence-electron chi connectivity index (χ4n) is 1.98. The highest BCUT2D eigenvalue weighted by molar-refractivity contribution is 5.95. The Morgan fingerprint density at radius 3 is 2.67 bits per heavy atom. The summed E-state index contributed by atoms with van der Waals surface area (Å²) in [6, 6.07) is 5.47. The van der Waals surface area contributed by atoms with Gasteiger partial charge in [-0.05, 0) is 6.07 Å². The number of carbonyl (C=O) groups excluding carboxylic acids is 2.